The maximum absolute atomic E-state index is 13.6. The molecule has 1 atom stereocenters. The Labute approximate surface area is 154 Å². The van der Waals surface area contributed by atoms with Gasteiger partial charge in [-0.2, -0.15) is 13.2 Å². The second kappa shape index (κ2) is 7.31. The van der Waals surface area contributed by atoms with E-state index in [0.717, 1.165) is 12.1 Å². The molecule has 2 N–H and O–H groups in total. The standard InChI is InChI=1S/C20H21F4N3/c1-12(2)8-16(25)19-26-17-10-14(20(22,23)24)6-7-18(17)27(19)11-13-4-3-5-15(21)9-13/h3-7,9-10,12,16H,8,11,25H2,1-2H3/t16-/m0/s1. The molecule has 3 aromatic rings. The summed E-state index contributed by atoms with van der Waals surface area (Å²) >= 11 is 0. The van der Waals surface area contributed by atoms with E-state index in [2.05, 4.69) is 4.98 Å². The topological polar surface area (TPSA) is 43.8 Å². The molecule has 0 bridgehead atoms. The number of nitrogens with zero attached hydrogens (tertiary/aromatic N) is 2. The van der Waals surface area contributed by atoms with E-state index < -0.39 is 17.8 Å². The fraction of sp³-hybridized carbons (Fsp3) is 0.350. The molecule has 0 unspecified atom stereocenters. The predicted octanol–water partition coefficient (Wildman–Crippen LogP) is 5.29. The van der Waals surface area contributed by atoms with Crippen molar-refractivity contribution in [2.24, 2.45) is 11.7 Å². The third kappa shape index (κ3) is 4.30. The number of aromatic nitrogens is 2. The molecule has 0 radical (unpaired) electrons. The Bertz CT molecular complexity index is 944. The van der Waals surface area contributed by atoms with Crippen LogP contribution in [-0.4, -0.2) is 9.55 Å². The zero-order chi connectivity index (χ0) is 19.8. The zero-order valence-electron chi connectivity index (χ0n) is 15.1. The molecule has 0 fully saturated rings. The number of fused-ring (bicyclic) bond motifs is 1. The summed E-state index contributed by atoms with van der Waals surface area (Å²) in [6, 6.07) is 9.13. The van der Waals surface area contributed by atoms with E-state index in [9.17, 15) is 17.6 Å². The van der Waals surface area contributed by atoms with Crippen molar-refractivity contribution in [3.8, 4) is 0 Å². The Morgan fingerprint density at radius 2 is 1.85 bits per heavy atom. The SMILES string of the molecule is CC(C)C[C@H](N)c1nc2cc(C(F)(F)F)ccc2n1Cc1cccc(F)c1. The molecule has 0 saturated heterocycles. The minimum atomic E-state index is -4.44. The number of hydrogen-bond donors (Lipinski definition) is 1. The average Bonchev–Trinajstić information content (AvgIpc) is 2.91. The molecule has 3 nitrogen and oxygen atoms in total. The van der Waals surface area contributed by atoms with Crippen molar-refractivity contribution in [1.82, 2.24) is 9.55 Å². The molecule has 0 amide bonds. The number of benzene rings is 2. The number of hydrogen-bond acceptors (Lipinski definition) is 2. The minimum absolute atomic E-state index is 0.232. The van der Waals surface area contributed by atoms with Gasteiger partial charge < -0.3 is 10.3 Å². The Hall–Kier alpha value is -2.41. The van der Waals surface area contributed by atoms with Gasteiger partial charge in [-0.15, -0.1) is 0 Å². The summed E-state index contributed by atoms with van der Waals surface area (Å²) in [6.45, 7) is 4.31. The minimum Gasteiger partial charge on any atom is -0.322 e. The molecule has 1 heterocycles. The van der Waals surface area contributed by atoms with Gasteiger partial charge in [0.25, 0.3) is 0 Å². The smallest absolute Gasteiger partial charge is 0.322 e. The highest BCUT2D eigenvalue weighted by Gasteiger charge is 2.31. The summed E-state index contributed by atoms with van der Waals surface area (Å²) in [7, 11) is 0. The first-order valence-electron chi connectivity index (χ1n) is 8.72. The van der Waals surface area contributed by atoms with Gasteiger partial charge in [-0.05, 0) is 48.2 Å². The Morgan fingerprint density at radius 3 is 2.48 bits per heavy atom. The van der Waals surface area contributed by atoms with Gasteiger partial charge in [0, 0.05) is 6.54 Å². The van der Waals surface area contributed by atoms with E-state index >= 15 is 0 Å². The summed E-state index contributed by atoms with van der Waals surface area (Å²) in [4.78, 5) is 4.40. The number of rotatable bonds is 5. The first kappa shape index (κ1) is 19.4. The maximum atomic E-state index is 13.6. The van der Waals surface area contributed by atoms with Crippen molar-refractivity contribution < 1.29 is 17.6 Å². The first-order chi connectivity index (χ1) is 12.6. The van der Waals surface area contributed by atoms with Gasteiger partial charge in [0.15, 0.2) is 0 Å². The van der Waals surface area contributed by atoms with Crippen molar-refractivity contribution in [2.75, 3.05) is 0 Å². The summed E-state index contributed by atoms with van der Waals surface area (Å²) < 4.78 is 54.5. The lowest BCUT2D eigenvalue weighted by Crippen LogP contribution is -2.19. The molecule has 0 aliphatic rings. The molecular weight excluding hydrogens is 358 g/mol. The van der Waals surface area contributed by atoms with E-state index in [0.29, 0.717) is 29.2 Å². The monoisotopic (exact) mass is 379 g/mol. The van der Waals surface area contributed by atoms with Gasteiger partial charge in [-0.3, -0.25) is 0 Å². The van der Waals surface area contributed by atoms with Gasteiger partial charge >= 0.3 is 6.18 Å². The van der Waals surface area contributed by atoms with Crippen LogP contribution in [0.5, 0.6) is 0 Å². The van der Waals surface area contributed by atoms with Gasteiger partial charge in [-0.25, -0.2) is 9.37 Å². The lowest BCUT2D eigenvalue weighted by Gasteiger charge is -2.16. The van der Waals surface area contributed by atoms with Gasteiger partial charge in [0.2, 0.25) is 0 Å². The summed E-state index contributed by atoms with van der Waals surface area (Å²) in [5, 5.41) is 0. The fourth-order valence-corrected chi connectivity index (χ4v) is 3.21. The highest BCUT2D eigenvalue weighted by Crippen LogP contribution is 2.33. The van der Waals surface area contributed by atoms with Crippen LogP contribution in [0.15, 0.2) is 42.5 Å². The van der Waals surface area contributed by atoms with Crippen molar-refractivity contribution >= 4 is 11.0 Å². The van der Waals surface area contributed by atoms with Gasteiger partial charge in [0.1, 0.15) is 11.6 Å². The molecule has 0 spiro atoms. The van der Waals surface area contributed by atoms with E-state index in [1.807, 2.05) is 13.8 Å². The van der Waals surface area contributed by atoms with Crippen LogP contribution in [0.3, 0.4) is 0 Å². The summed E-state index contributed by atoms with van der Waals surface area (Å²) in [6.07, 6.45) is -3.81. The van der Waals surface area contributed by atoms with Crippen molar-refractivity contribution in [3.63, 3.8) is 0 Å². The predicted molar refractivity (Wildman–Crippen MR) is 96.6 cm³/mol. The average molecular weight is 379 g/mol. The molecular formula is C20H21F4N3. The lowest BCUT2D eigenvalue weighted by molar-refractivity contribution is -0.137. The molecule has 1 aromatic heterocycles. The number of alkyl halides is 3. The number of halogens is 4. The third-order valence-corrected chi connectivity index (χ3v) is 4.39. The van der Waals surface area contributed by atoms with Gasteiger partial charge in [-0.1, -0.05) is 26.0 Å². The van der Waals surface area contributed by atoms with E-state index in [-0.39, 0.29) is 17.9 Å². The van der Waals surface area contributed by atoms with Crippen molar-refractivity contribution in [2.45, 2.75) is 39.0 Å². The van der Waals surface area contributed by atoms with Crippen molar-refractivity contribution in [1.29, 1.82) is 0 Å². The van der Waals surface area contributed by atoms with E-state index in [4.69, 9.17) is 5.73 Å². The highest BCUT2D eigenvalue weighted by molar-refractivity contribution is 5.77. The normalized spacial score (nSPS) is 13.5. The van der Waals surface area contributed by atoms with Gasteiger partial charge in [0.05, 0.1) is 22.6 Å². The Morgan fingerprint density at radius 1 is 1.11 bits per heavy atom. The van der Waals surface area contributed by atoms with Crippen LogP contribution in [0, 0.1) is 11.7 Å². The number of imidazole rings is 1. The molecule has 2 aromatic carbocycles. The molecule has 7 heteroatoms. The van der Waals surface area contributed by atoms with Crippen LogP contribution < -0.4 is 5.73 Å². The third-order valence-electron chi connectivity index (χ3n) is 4.39. The Balaban J connectivity index is 2.12. The second-order valence-corrected chi connectivity index (χ2v) is 7.12. The molecule has 0 aliphatic carbocycles. The Kier molecular flexibility index (Phi) is 5.24. The second-order valence-electron chi connectivity index (χ2n) is 7.12. The molecule has 27 heavy (non-hydrogen) atoms. The molecule has 0 aliphatic heterocycles. The zero-order valence-corrected chi connectivity index (χ0v) is 15.1. The molecule has 0 saturated carbocycles. The largest absolute Gasteiger partial charge is 0.416 e. The fourth-order valence-electron chi connectivity index (χ4n) is 3.21. The van der Waals surface area contributed by atoms with Crippen LogP contribution in [-0.2, 0) is 12.7 Å². The maximum Gasteiger partial charge on any atom is 0.416 e. The van der Waals surface area contributed by atoms with Crippen LogP contribution in [0.2, 0.25) is 0 Å². The highest BCUT2D eigenvalue weighted by atomic mass is 19.4. The van der Waals surface area contributed by atoms with E-state index in [1.165, 1.54) is 18.2 Å². The number of nitrogens with two attached hydrogens (primary N) is 1. The molecule has 144 valence electrons. The van der Waals surface area contributed by atoms with Crippen LogP contribution in [0.4, 0.5) is 17.6 Å². The molecule has 3 rings (SSSR count). The van der Waals surface area contributed by atoms with Crippen molar-refractivity contribution in [3.05, 3.63) is 65.2 Å². The lowest BCUT2D eigenvalue weighted by atomic mass is 10.0. The summed E-state index contributed by atoms with van der Waals surface area (Å²) in [5.41, 5.74) is 7.00. The van der Waals surface area contributed by atoms with E-state index in [1.54, 1.807) is 16.7 Å². The van der Waals surface area contributed by atoms with Crippen LogP contribution in [0.25, 0.3) is 11.0 Å². The summed E-state index contributed by atoms with van der Waals surface area (Å²) in [5.74, 6) is 0.430. The van der Waals surface area contributed by atoms with Crippen LogP contribution >= 0.6 is 0 Å². The quantitative estimate of drug-likeness (QED) is 0.612. The van der Waals surface area contributed by atoms with Crippen LogP contribution in [0.1, 0.15) is 43.3 Å². The first-order valence-corrected chi connectivity index (χ1v) is 8.72.